The number of benzene rings is 2. The van der Waals surface area contributed by atoms with Crippen molar-refractivity contribution in [1.82, 2.24) is 19.7 Å². The maximum Gasteiger partial charge on any atom is 0.256 e. The molecule has 150 valence electrons. The van der Waals surface area contributed by atoms with Gasteiger partial charge in [-0.05, 0) is 41.5 Å². The first kappa shape index (κ1) is 18.4. The van der Waals surface area contributed by atoms with Gasteiger partial charge in [-0.1, -0.05) is 12.1 Å². The van der Waals surface area contributed by atoms with E-state index in [1.54, 1.807) is 30.1 Å². The lowest BCUT2D eigenvalue weighted by atomic mass is 9.99. The summed E-state index contributed by atoms with van der Waals surface area (Å²) in [6.45, 7) is 0.251. The summed E-state index contributed by atoms with van der Waals surface area (Å²) in [4.78, 5) is 18.4. The van der Waals surface area contributed by atoms with Crippen LogP contribution in [0.1, 0.15) is 21.6 Å². The molecule has 5 rings (SSSR count). The monoisotopic (exact) mass is 404 g/mol. The molecule has 4 aromatic rings. The minimum atomic E-state index is -0.671. The zero-order valence-corrected chi connectivity index (χ0v) is 16.3. The molecule has 2 aromatic carbocycles. The van der Waals surface area contributed by atoms with Gasteiger partial charge in [-0.2, -0.15) is 5.10 Å². The van der Waals surface area contributed by atoms with Crippen molar-refractivity contribution in [2.45, 2.75) is 13.0 Å². The lowest BCUT2D eigenvalue weighted by Gasteiger charge is -2.28. The van der Waals surface area contributed by atoms with E-state index in [0.29, 0.717) is 29.7 Å². The van der Waals surface area contributed by atoms with Crippen LogP contribution in [0.15, 0.2) is 54.9 Å². The van der Waals surface area contributed by atoms with Gasteiger partial charge in [-0.3, -0.25) is 14.5 Å². The van der Waals surface area contributed by atoms with Gasteiger partial charge in [0.15, 0.2) is 0 Å². The lowest BCUT2D eigenvalue weighted by Crippen LogP contribution is -2.37. The molecule has 0 radical (unpaired) electrons. The fourth-order valence-corrected chi connectivity index (χ4v) is 4.01. The van der Waals surface area contributed by atoms with Crippen LogP contribution < -0.4 is 0 Å². The third kappa shape index (κ3) is 3.03. The first-order valence-electron chi connectivity index (χ1n) is 9.65. The van der Waals surface area contributed by atoms with Crippen molar-refractivity contribution < 1.29 is 13.6 Å². The molecule has 0 N–H and O–H groups in total. The fourth-order valence-electron chi connectivity index (χ4n) is 4.01. The molecule has 1 aliphatic rings. The Morgan fingerprint density at radius 3 is 2.63 bits per heavy atom. The van der Waals surface area contributed by atoms with Crippen LogP contribution in [0.3, 0.4) is 0 Å². The average molecular weight is 404 g/mol. The number of nitrogens with zero attached hydrogens (tertiary/aromatic N) is 4. The van der Waals surface area contributed by atoms with Crippen molar-refractivity contribution in [1.29, 1.82) is 0 Å². The Balaban J connectivity index is 1.49. The molecule has 0 bridgehead atoms. The summed E-state index contributed by atoms with van der Waals surface area (Å²) >= 11 is 0. The number of amides is 1. The van der Waals surface area contributed by atoms with Gasteiger partial charge < -0.3 is 4.90 Å². The van der Waals surface area contributed by atoms with E-state index < -0.39 is 11.6 Å². The van der Waals surface area contributed by atoms with Gasteiger partial charge in [0.2, 0.25) is 0 Å². The van der Waals surface area contributed by atoms with Crippen molar-refractivity contribution >= 4 is 16.8 Å². The number of carbonyl (C=O) groups is 1. The second-order valence-electron chi connectivity index (χ2n) is 7.43. The van der Waals surface area contributed by atoms with Gasteiger partial charge in [-0.15, -0.1) is 0 Å². The van der Waals surface area contributed by atoms with E-state index in [4.69, 9.17) is 0 Å². The second-order valence-corrected chi connectivity index (χ2v) is 7.43. The van der Waals surface area contributed by atoms with Crippen LogP contribution in [-0.2, 0) is 20.0 Å². The van der Waals surface area contributed by atoms with E-state index >= 15 is 0 Å². The van der Waals surface area contributed by atoms with Crippen LogP contribution in [0.2, 0.25) is 0 Å². The van der Waals surface area contributed by atoms with Crippen LogP contribution in [0.25, 0.3) is 22.0 Å². The largest absolute Gasteiger partial charge is 0.334 e. The number of pyridine rings is 1. The first-order valence-corrected chi connectivity index (χ1v) is 9.65. The molecule has 0 unspecified atom stereocenters. The molecule has 0 spiro atoms. The van der Waals surface area contributed by atoms with Gasteiger partial charge in [-0.25, -0.2) is 8.78 Å². The summed E-state index contributed by atoms with van der Waals surface area (Å²) in [7, 11) is 1.80. The van der Waals surface area contributed by atoms with E-state index in [1.807, 2.05) is 24.4 Å². The van der Waals surface area contributed by atoms with Crippen molar-refractivity contribution in [3.63, 3.8) is 0 Å². The molecule has 1 aliphatic heterocycles. The molecular weight excluding hydrogens is 386 g/mol. The number of halogens is 2. The third-order valence-electron chi connectivity index (χ3n) is 5.49. The Kier molecular flexibility index (Phi) is 4.31. The third-order valence-corrected chi connectivity index (χ3v) is 5.49. The maximum absolute atomic E-state index is 15.0. The molecule has 1 amide bonds. The van der Waals surface area contributed by atoms with Gasteiger partial charge in [0, 0.05) is 43.4 Å². The molecule has 30 heavy (non-hydrogen) atoms. The molecule has 5 nitrogen and oxygen atoms in total. The molecule has 0 fully saturated rings. The maximum atomic E-state index is 15.0. The zero-order valence-electron chi connectivity index (χ0n) is 16.3. The standard InChI is InChI=1S/C23H18F2N4O/c1-28-12-17-15(4-2-6-22(17)27-28)14-10-19(24)18(20(25)11-14)13-29-9-7-21-16(23(29)30)5-3-8-26-21/h2-6,8,10-12H,7,9,13H2,1H3. The summed E-state index contributed by atoms with van der Waals surface area (Å²) < 4.78 is 31.6. The first-order chi connectivity index (χ1) is 14.5. The van der Waals surface area contributed by atoms with Crippen molar-refractivity contribution in [3.05, 3.63) is 83.3 Å². The molecule has 0 aliphatic carbocycles. The topological polar surface area (TPSA) is 51.0 Å². The minimum Gasteiger partial charge on any atom is -0.334 e. The normalized spacial score (nSPS) is 13.7. The van der Waals surface area contributed by atoms with E-state index in [-0.39, 0.29) is 18.0 Å². The predicted octanol–water partition coefficient (Wildman–Crippen LogP) is 4.11. The Bertz CT molecular complexity index is 1270. The summed E-state index contributed by atoms with van der Waals surface area (Å²) in [5.74, 6) is -1.60. The Morgan fingerprint density at radius 2 is 1.83 bits per heavy atom. The molecule has 7 heteroatoms. The van der Waals surface area contributed by atoms with Crippen LogP contribution in [0, 0.1) is 11.6 Å². The molecule has 2 aromatic heterocycles. The highest BCUT2D eigenvalue weighted by Crippen LogP contribution is 2.31. The van der Waals surface area contributed by atoms with Gasteiger partial charge in [0.25, 0.3) is 5.91 Å². The van der Waals surface area contributed by atoms with Crippen LogP contribution in [0.5, 0.6) is 0 Å². The zero-order chi connectivity index (χ0) is 20.8. The summed E-state index contributed by atoms with van der Waals surface area (Å²) in [5, 5.41) is 5.17. The van der Waals surface area contributed by atoms with Crippen LogP contribution in [0.4, 0.5) is 8.78 Å². The number of aryl methyl sites for hydroxylation is 1. The summed E-state index contributed by atoms with van der Waals surface area (Å²) in [6, 6.07) is 11.5. The highest BCUT2D eigenvalue weighted by Gasteiger charge is 2.27. The Labute approximate surface area is 171 Å². The summed E-state index contributed by atoms with van der Waals surface area (Å²) in [5.41, 5.74) is 3.00. The lowest BCUT2D eigenvalue weighted by molar-refractivity contribution is 0.0722. The number of hydrogen-bond donors (Lipinski definition) is 0. The molecular formula is C23H18F2N4O. The number of hydrogen-bond acceptors (Lipinski definition) is 3. The van der Waals surface area contributed by atoms with Gasteiger partial charge >= 0.3 is 0 Å². The Hall–Kier alpha value is -3.61. The smallest absolute Gasteiger partial charge is 0.256 e. The van der Waals surface area contributed by atoms with E-state index in [1.165, 1.54) is 17.0 Å². The van der Waals surface area contributed by atoms with Crippen molar-refractivity contribution in [2.75, 3.05) is 6.54 Å². The molecule has 0 saturated carbocycles. The molecule has 0 atom stereocenters. The van der Waals surface area contributed by atoms with Gasteiger partial charge in [0.05, 0.1) is 23.3 Å². The summed E-state index contributed by atoms with van der Waals surface area (Å²) in [6.07, 6.45) is 4.03. The van der Waals surface area contributed by atoms with Gasteiger partial charge in [0.1, 0.15) is 11.6 Å². The number of aromatic nitrogens is 3. The highest BCUT2D eigenvalue weighted by molar-refractivity contribution is 5.96. The molecule has 3 heterocycles. The Morgan fingerprint density at radius 1 is 1.07 bits per heavy atom. The SMILES string of the molecule is Cn1cc2c(-c3cc(F)c(CN4CCc5ncccc5C4=O)c(F)c3)cccc2n1. The quantitative estimate of drug-likeness (QED) is 0.516. The molecule has 0 saturated heterocycles. The number of carbonyl (C=O) groups excluding carboxylic acids is 1. The van der Waals surface area contributed by atoms with Crippen LogP contribution in [-0.4, -0.2) is 32.1 Å². The predicted molar refractivity (Wildman–Crippen MR) is 109 cm³/mol. The van der Waals surface area contributed by atoms with Crippen LogP contribution >= 0.6 is 0 Å². The van der Waals surface area contributed by atoms with E-state index in [2.05, 4.69) is 10.1 Å². The number of fused-ring (bicyclic) bond motifs is 2. The van der Waals surface area contributed by atoms with E-state index in [0.717, 1.165) is 16.6 Å². The number of rotatable bonds is 3. The minimum absolute atomic E-state index is 0.113. The average Bonchev–Trinajstić information content (AvgIpc) is 3.12. The second kappa shape index (κ2) is 7.02. The van der Waals surface area contributed by atoms with Crippen molar-refractivity contribution in [2.24, 2.45) is 7.05 Å². The fraction of sp³-hybridized carbons (Fsp3) is 0.174. The van der Waals surface area contributed by atoms with Crippen molar-refractivity contribution in [3.8, 4) is 11.1 Å². The van der Waals surface area contributed by atoms with E-state index in [9.17, 15) is 13.6 Å². The highest BCUT2D eigenvalue weighted by atomic mass is 19.1.